The summed E-state index contributed by atoms with van der Waals surface area (Å²) in [6.45, 7) is 1.63. The Hall–Kier alpha value is -0.840. The van der Waals surface area contributed by atoms with E-state index in [0.717, 1.165) is 0 Å². The molecule has 5 heteroatoms. The van der Waals surface area contributed by atoms with Crippen molar-refractivity contribution in [1.29, 1.82) is 0 Å². The summed E-state index contributed by atoms with van der Waals surface area (Å²) in [6.07, 6.45) is -2.36. The first-order chi connectivity index (χ1) is 6.06. The summed E-state index contributed by atoms with van der Waals surface area (Å²) in [5.41, 5.74) is -0.0270. The van der Waals surface area contributed by atoms with Gasteiger partial charge in [-0.2, -0.15) is 0 Å². The van der Waals surface area contributed by atoms with Gasteiger partial charge in [-0.25, -0.2) is 13.8 Å². The van der Waals surface area contributed by atoms with Crippen LogP contribution in [-0.2, 0) is 0 Å². The number of rotatable bonds is 2. The van der Waals surface area contributed by atoms with Gasteiger partial charge in [0.2, 0.25) is 0 Å². The maximum absolute atomic E-state index is 12.4. The van der Waals surface area contributed by atoms with Gasteiger partial charge in [0.05, 0.1) is 5.56 Å². The molecule has 70 valence electrons. The Bertz CT molecular complexity index is 341. The van der Waals surface area contributed by atoms with Crippen LogP contribution in [0.3, 0.4) is 0 Å². The maximum atomic E-state index is 12.4. The van der Waals surface area contributed by atoms with Crippen molar-refractivity contribution in [3.8, 4) is 0 Å². The minimum Gasteiger partial charge on any atom is -0.296 e. The Labute approximate surface area is 82.1 Å². The fourth-order valence-electron chi connectivity index (χ4n) is 0.972. The number of nitrogens with zero attached hydrogens (tertiary/aromatic N) is 1. The standard InChI is InChI=1S/C8H6BrF2NO/c1-4-2-5(9)7(8(10)11)6(3-13)12-4/h2-3,8H,1H3. The molecule has 0 amide bonds. The lowest BCUT2D eigenvalue weighted by atomic mass is 10.2. The molecule has 1 rings (SSSR count). The van der Waals surface area contributed by atoms with Crippen molar-refractivity contribution in [2.75, 3.05) is 0 Å². The van der Waals surface area contributed by atoms with E-state index in [9.17, 15) is 13.6 Å². The molecule has 0 aliphatic carbocycles. The molecule has 0 unspecified atom stereocenters. The molecule has 0 bridgehead atoms. The van der Waals surface area contributed by atoms with E-state index in [2.05, 4.69) is 20.9 Å². The summed E-state index contributed by atoms with van der Waals surface area (Å²) < 4.78 is 25.0. The van der Waals surface area contributed by atoms with Crippen LogP contribution >= 0.6 is 15.9 Å². The fourth-order valence-corrected chi connectivity index (χ4v) is 1.68. The van der Waals surface area contributed by atoms with Crippen LogP contribution in [0.5, 0.6) is 0 Å². The van der Waals surface area contributed by atoms with E-state index in [4.69, 9.17) is 0 Å². The molecule has 13 heavy (non-hydrogen) atoms. The Balaban J connectivity index is 3.38. The molecule has 0 atom stereocenters. The smallest absolute Gasteiger partial charge is 0.267 e. The lowest BCUT2D eigenvalue weighted by molar-refractivity contribution is 0.110. The average Bonchev–Trinajstić information content (AvgIpc) is 2.01. The Morgan fingerprint density at radius 3 is 2.69 bits per heavy atom. The number of carbonyl (C=O) groups is 1. The highest BCUT2D eigenvalue weighted by atomic mass is 79.9. The average molecular weight is 250 g/mol. The topological polar surface area (TPSA) is 30.0 Å². The van der Waals surface area contributed by atoms with Crippen molar-refractivity contribution in [2.45, 2.75) is 13.3 Å². The van der Waals surface area contributed by atoms with Crippen molar-refractivity contribution in [3.05, 3.63) is 27.5 Å². The zero-order valence-electron chi connectivity index (χ0n) is 6.72. The third-order valence-electron chi connectivity index (χ3n) is 1.50. The number of pyridine rings is 1. The number of carbonyl (C=O) groups excluding carboxylic acids is 1. The summed E-state index contributed by atoms with van der Waals surface area (Å²) in [6, 6.07) is 1.45. The van der Waals surface area contributed by atoms with Gasteiger partial charge in [0.25, 0.3) is 6.43 Å². The van der Waals surface area contributed by atoms with Crippen LogP contribution in [0.4, 0.5) is 8.78 Å². The van der Waals surface area contributed by atoms with Gasteiger partial charge >= 0.3 is 0 Å². The molecule has 0 fully saturated rings. The van der Waals surface area contributed by atoms with E-state index in [1.54, 1.807) is 6.92 Å². The van der Waals surface area contributed by atoms with Gasteiger partial charge in [-0.1, -0.05) is 15.9 Å². The lowest BCUT2D eigenvalue weighted by Gasteiger charge is -2.06. The third-order valence-corrected chi connectivity index (χ3v) is 2.15. The van der Waals surface area contributed by atoms with E-state index in [1.165, 1.54) is 6.07 Å². The molecule has 0 saturated carbocycles. The van der Waals surface area contributed by atoms with Crippen LogP contribution in [-0.4, -0.2) is 11.3 Å². The van der Waals surface area contributed by atoms with E-state index in [1.807, 2.05) is 0 Å². The number of halogens is 3. The first kappa shape index (κ1) is 10.2. The van der Waals surface area contributed by atoms with Crippen LogP contribution in [0, 0.1) is 6.92 Å². The van der Waals surface area contributed by atoms with Crippen molar-refractivity contribution in [3.63, 3.8) is 0 Å². The molecule has 1 aromatic rings. The van der Waals surface area contributed by atoms with Gasteiger partial charge in [-0.15, -0.1) is 0 Å². The van der Waals surface area contributed by atoms with Crippen molar-refractivity contribution in [1.82, 2.24) is 4.98 Å². The molecule has 0 aromatic carbocycles. The van der Waals surface area contributed by atoms with E-state index >= 15 is 0 Å². The number of aryl methyl sites for hydroxylation is 1. The quantitative estimate of drug-likeness (QED) is 0.755. The van der Waals surface area contributed by atoms with Crippen LogP contribution in [0.2, 0.25) is 0 Å². The molecule has 0 radical (unpaired) electrons. The molecule has 1 heterocycles. The zero-order valence-corrected chi connectivity index (χ0v) is 8.31. The van der Waals surface area contributed by atoms with Gasteiger partial charge in [0.15, 0.2) is 6.29 Å². The van der Waals surface area contributed by atoms with E-state index in [-0.39, 0.29) is 15.7 Å². The third kappa shape index (κ3) is 2.09. The van der Waals surface area contributed by atoms with Gasteiger partial charge in [-0.3, -0.25) is 4.79 Å². The maximum Gasteiger partial charge on any atom is 0.267 e. The number of hydrogen-bond acceptors (Lipinski definition) is 2. The summed E-state index contributed by atoms with van der Waals surface area (Å²) in [7, 11) is 0. The van der Waals surface area contributed by atoms with E-state index in [0.29, 0.717) is 12.0 Å². The van der Waals surface area contributed by atoms with Crippen LogP contribution < -0.4 is 0 Å². The summed E-state index contributed by atoms with van der Waals surface area (Å²) in [4.78, 5) is 14.1. The van der Waals surface area contributed by atoms with Gasteiger partial charge in [0, 0.05) is 10.2 Å². The van der Waals surface area contributed by atoms with Crippen LogP contribution in [0.1, 0.15) is 28.2 Å². The second-order valence-electron chi connectivity index (χ2n) is 2.46. The Kier molecular flexibility index (Phi) is 3.08. The largest absolute Gasteiger partial charge is 0.296 e. The highest BCUT2D eigenvalue weighted by Gasteiger charge is 2.18. The first-order valence-corrected chi connectivity index (χ1v) is 4.26. The predicted molar refractivity (Wildman–Crippen MR) is 47.0 cm³/mol. The highest BCUT2D eigenvalue weighted by molar-refractivity contribution is 9.10. The number of aldehydes is 1. The van der Waals surface area contributed by atoms with Gasteiger partial charge < -0.3 is 0 Å². The summed E-state index contributed by atoms with van der Waals surface area (Å²) >= 11 is 2.96. The number of hydrogen-bond donors (Lipinski definition) is 0. The number of alkyl halides is 2. The SMILES string of the molecule is Cc1cc(Br)c(C(F)F)c(C=O)n1. The molecule has 2 nitrogen and oxygen atoms in total. The molecule has 0 spiro atoms. The molecular formula is C8H6BrF2NO. The van der Waals surface area contributed by atoms with Gasteiger partial charge in [0.1, 0.15) is 5.69 Å². The van der Waals surface area contributed by atoms with Crippen molar-refractivity contribution in [2.24, 2.45) is 0 Å². The molecule has 0 aliphatic heterocycles. The highest BCUT2D eigenvalue weighted by Crippen LogP contribution is 2.29. The van der Waals surface area contributed by atoms with Crippen LogP contribution in [0.15, 0.2) is 10.5 Å². The van der Waals surface area contributed by atoms with Crippen molar-refractivity contribution < 1.29 is 13.6 Å². The van der Waals surface area contributed by atoms with Gasteiger partial charge in [-0.05, 0) is 13.0 Å². The monoisotopic (exact) mass is 249 g/mol. The second kappa shape index (κ2) is 3.91. The Morgan fingerprint density at radius 2 is 2.23 bits per heavy atom. The summed E-state index contributed by atoms with van der Waals surface area (Å²) in [5.74, 6) is 0. The molecule has 0 aliphatic rings. The molecule has 0 saturated heterocycles. The molecule has 0 N–H and O–H groups in total. The fraction of sp³-hybridized carbons (Fsp3) is 0.250. The number of aromatic nitrogens is 1. The minimum atomic E-state index is -2.69. The lowest BCUT2D eigenvalue weighted by Crippen LogP contribution is -2.00. The second-order valence-corrected chi connectivity index (χ2v) is 3.32. The molecule has 1 aromatic heterocycles. The van der Waals surface area contributed by atoms with Crippen molar-refractivity contribution >= 4 is 22.2 Å². The zero-order chi connectivity index (χ0) is 10.0. The predicted octanol–water partition coefficient (Wildman–Crippen LogP) is 2.90. The normalized spacial score (nSPS) is 10.5. The Morgan fingerprint density at radius 1 is 1.62 bits per heavy atom. The van der Waals surface area contributed by atoms with E-state index < -0.39 is 6.43 Å². The first-order valence-electron chi connectivity index (χ1n) is 3.46. The summed E-state index contributed by atoms with van der Waals surface area (Å²) in [5, 5.41) is 0. The minimum absolute atomic E-state index is 0.207. The van der Waals surface area contributed by atoms with Crippen LogP contribution in [0.25, 0.3) is 0 Å². The molecular weight excluding hydrogens is 244 g/mol.